The number of rotatable bonds is 4. The number of carbonyl (C=O) groups is 1. The molecule has 0 radical (unpaired) electrons. The molecule has 0 aromatic rings. The Balaban J connectivity index is 1.83. The fourth-order valence-corrected chi connectivity index (χ4v) is 1.41. The van der Waals surface area contributed by atoms with Crippen LogP contribution in [0.5, 0.6) is 0 Å². The minimum absolute atomic E-state index is 0.213. The van der Waals surface area contributed by atoms with Gasteiger partial charge in [0.15, 0.2) is 0 Å². The van der Waals surface area contributed by atoms with E-state index in [-0.39, 0.29) is 11.4 Å². The van der Waals surface area contributed by atoms with Crippen LogP contribution in [0.3, 0.4) is 0 Å². The van der Waals surface area contributed by atoms with E-state index in [1.807, 2.05) is 0 Å². The molecule has 2 aliphatic rings. The third kappa shape index (κ3) is 2.20. The maximum absolute atomic E-state index is 10.8. The summed E-state index contributed by atoms with van der Waals surface area (Å²) in [6, 6.07) is 0. The van der Waals surface area contributed by atoms with Crippen molar-refractivity contribution in [2.24, 2.45) is 5.41 Å². The normalized spacial score (nSPS) is 22.0. The lowest BCUT2D eigenvalue weighted by molar-refractivity contribution is -0.139. The Hall–Kier alpha value is -1.05. The second kappa shape index (κ2) is 3.02. The quantitative estimate of drug-likeness (QED) is 0.375. The van der Waals surface area contributed by atoms with Crippen LogP contribution in [-0.4, -0.2) is 12.6 Å². The summed E-state index contributed by atoms with van der Waals surface area (Å²) >= 11 is 0. The summed E-state index contributed by atoms with van der Waals surface area (Å²) in [5.41, 5.74) is 1.75. The van der Waals surface area contributed by atoms with Crippen molar-refractivity contribution in [1.29, 1.82) is 0 Å². The molecular weight excluding hydrogens is 164 g/mol. The molecule has 70 valence electrons. The second-order valence-corrected chi connectivity index (χ2v) is 3.98. The van der Waals surface area contributed by atoms with Crippen LogP contribution < -0.4 is 0 Å². The van der Waals surface area contributed by atoms with Crippen LogP contribution >= 0.6 is 0 Å². The Morgan fingerprint density at radius 3 is 2.69 bits per heavy atom. The minimum Gasteiger partial charge on any atom is -0.462 e. The van der Waals surface area contributed by atoms with Crippen LogP contribution in [0, 0.1) is 5.41 Å². The fraction of sp³-hybridized carbons (Fsp3) is 0.545. The molecule has 0 spiro atoms. The minimum atomic E-state index is -0.305. The van der Waals surface area contributed by atoms with Gasteiger partial charge < -0.3 is 4.74 Å². The average molecular weight is 178 g/mol. The van der Waals surface area contributed by atoms with Gasteiger partial charge in [-0.3, -0.25) is 0 Å². The molecule has 0 bridgehead atoms. The summed E-state index contributed by atoms with van der Waals surface area (Å²) in [7, 11) is 0. The number of hydrogen-bond acceptors (Lipinski definition) is 2. The topological polar surface area (TPSA) is 26.3 Å². The summed E-state index contributed by atoms with van der Waals surface area (Å²) in [6.07, 6.45) is 8.36. The van der Waals surface area contributed by atoms with Gasteiger partial charge in [0.2, 0.25) is 0 Å². The number of allylic oxidation sites excluding steroid dienone is 1. The molecule has 0 unspecified atom stereocenters. The maximum atomic E-state index is 10.8. The molecule has 2 rings (SSSR count). The first-order chi connectivity index (χ1) is 6.24. The lowest BCUT2D eigenvalue weighted by Crippen LogP contribution is -2.11. The van der Waals surface area contributed by atoms with E-state index < -0.39 is 0 Å². The Morgan fingerprint density at radius 1 is 1.54 bits per heavy atom. The molecule has 2 fully saturated rings. The van der Waals surface area contributed by atoms with Crippen LogP contribution in [0.4, 0.5) is 0 Å². The first-order valence-electron chi connectivity index (χ1n) is 4.74. The van der Waals surface area contributed by atoms with Gasteiger partial charge in [-0.05, 0) is 25.7 Å². The van der Waals surface area contributed by atoms with E-state index in [2.05, 4.69) is 12.7 Å². The summed E-state index contributed by atoms with van der Waals surface area (Å²) in [5.74, 6) is -0.305. The molecule has 13 heavy (non-hydrogen) atoms. The maximum Gasteiger partial charge on any atom is 0.330 e. The molecule has 0 amide bonds. The Bertz CT molecular complexity index is 266. The average Bonchev–Trinajstić information content (AvgIpc) is 3.01. The van der Waals surface area contributed by atoms with Gasteiger partial charge in [-0.25, -0.2) is 4.79 Å². The molecule has 0 aliphatic heterocycles. The zero-order chi connectivity index (χ0) is 9.31. The van der Waals surface area contributed by atoms with Crippen molar-refractivity contribution in [3.8, 4) is 0 Å². The van der Waals surface area contributed by atoms with Gasteiger partial charge in [0.1, 0.15) is 6.61 Å². The summed E-state index contributed by atoms with van der Waals surface area (Å²) in [5, 5.41) is 0. The molecule has 0 heterocycles. The van der Waals surface area contributed by atoms with Gasteiger partial charge >= 0.3 is 5.97 Å². The highest BCUT2D eigenvalue weighted by Gasteiger charge is 2.42. The van der Waals surface area contributed by atoms with Gasteiger partial charge in [-0.1, -0.05) is 18.2 Å². The SMILES string of the molecule is C=CC(=O)OCC1(C=C2CC2)CC1. The molecule has 0 aromatic heterocycles. The molecule has 2 aliphatic carbocycles. The van der Waals surface area contributed by atoms with Crippen molar-refractivity contribution in [1.82, 2.24) is 0 Å². The number of ether oxygens (including phenoxy) is 1. The van der Waals surface area contributed by atoms with E-state index in [1.54, 1.807) is 0 Å². The van der Waals surface area contributed by atoms with Crippen molar-refractivity contribution in [2.45, 2.75) is 25.7 Å². The van der Waals surface area contributed by atoms with Crippen molar-refractivity contribution >= 4 is 5.97 Å². The van der Waals surface area contributed by atoms with Crippen LogP contribution in [0.25, 0.3) is 0 Å². The van der Waals surface area contributed by atoms with E-state index in [9.17, 15) is 4.79 Å². The highest BCUT2D eigenvalue weighted by Crippen LogP contribution is 2.50. The van der Waals surface area contributed by atoms with Gasteiger partial charge in [-0.2, -0.15) is 0 Å². The van der Waals surface area contributed by atoms with Gasteiger partial charge in [0.05, 0.1) is 0 Å². The highest BCUT2D eigenvalue weighted by molar-refractivity contribution is 5.81. The van der Waals surface area contributed by atoms with Crippen LogP contribution in [-0.2, 0) is 9.53 Å². The van der Waals surface area contributed by atoms with E-state index in [0.29, 0.717) is 6.61 Å². The van der Waals surface area contributed by atoms with Crippen molar-refractivity contribution < 1.29 is 9.53 Å². The van der Waals surface area contributed by atoms with Crippen molar-refractivity contribution in [2.75, 3.05) is 6.61 Å². The fourth-order valence-electron chi connectivity index (χ4n) is 1.41. The van der Waals surface area contributed by atoms with Crippen LogP contribution in [0.15, 0.2) is 24.3 Å². The monoisotopic (exact) mass is 178 g/mol. The first-order valence-corrected chi connectivity index (χ1v) is 4.74. The predicted octanol–water partition coefficient (Wildman–Crippen LogP) is 2.22. The third-order valence-corrected chi connectivity index (χ3v) is 2.61. The zero-order valence-corrected chi connectivity index (χ0v) is 7.71. The van der Waals surface area contributed by atoms with E-state index >= 15 is 0 Å². The highest BCUT2D eigenvalue weighted by atomic mass is 16.5. The van der Waals surface area contributed by atoms with Crippen LogP contribution in [0.2, 0.25) is 0 Å². The first kappa shape index (κ1) is 8.54. The zero-order valence-electron chi connectivity index (χ0n) is 7.71. The number of esters is 1. The Kier molecular flexibility index (Phi) is 1.98. The van der Waals surface area contributed by atoms with Gasteiger partial charge in [-0.15, -0.1) is 0 Å². The molecule has 0 aromatic carbocycles. The smallest absolute Gasteiger partial charge is 0.330 e. The standard InChI is InChI=1S/C11H14O2/c1-2-10(12)13-8-11(5-6-11)7-9-3-4-9/h2,7H,1,3-6,8H2. The molecule has 2 saturated carbocycles. The summed E-state index contributed by atoms with van der Waals surface area (Å²) in [4.78, 5) is 10.8. The Labute approximate surface area is 78.3 Å². The number of hydrogen-bond donors (Lipinski definition) is 0. The van der Waals surface area contributed by atoms with Gasteiger partial charge in [0.25, 0.3) is 0 Å². The molecule has 0 saturated heterocycles. The van der Waals surface area contributed by atoms with E-state index in [4.69, 9.17) is 4.74 Å². The molecule has 2 nitrogen and oxygen atoms in total. The molecular formula is C11H14O2. The second-order valence-electron chi connectivity index (χ2n) is 3.98. The summed E-state index contributed by atoms with van der Waals surface area (Å²) < 4.78 is 5.05. The number of carbonyl (C=O) groups excluding carboxylic acids is 1. The lowest BCUT2D eigenvalue weighted by Gasteiger charge is -2.08. The predicted molar refractivity (Wildman–Crippen MR) is 50.1 cm³/mol. The largest absolute Gasteiger partial charge is 0.462 e. The lowest BCUT2D eigenvalue weighted by atomic mass is 10.1. The third-order valence-electron chi connectivity index (χ3n) is 2.61. The van der Waals surface area contributed by atoms with Crippen molar-refractivity contribution in [3.63, 3.8) is 0 Å². The molecule has 0 atom stereocenters. The Morgan fingerprint density at radius 2 is 2.23 bits per heavy atom. The summed E-state index contributed by atoms with van der Waals surface area (Å²) in [6.45, 7) is 3.91. The van der Waals surface area contributed by atoms with Gasteiger partial charge in [0, 0.05) is 11.5 Å². The van der Waals surface area contributed by atoms with E-state index in [1.165, 1.54) is 37.3 Å². The van der Waals surface area contributed by atoms with Crippen molar-refractivity contribution in [3.05, 3.63) is 24.3 Å². The molecule has 2 heteroatoms. The molecule has 0 N–H and O–H groups in total. The van der Waals surface area contributed by atoms with Crippen LogP contribution in [0.1, 0.15) is 25.7 Å². The van der Waals surface area contributed by atoms with E-state index in [0.717, 1.165) is 0 Å².